The summed E-state index contributed by atoms with van der Waals surface area (Å²) in [7, 11) is 0. The highest BCUT2D eigenvalue weighted by molar-refractivity contribution is 6.33. The minimum atomic E-state index is -0.408. The van der Waals surface area contributed by atoms with Crippen molar-refractivity contribution in [3.8, 4) is 17.3 Å². The van der Waals surface area contributed by atoms with Gasteiger partial charge in [0.15, 0.2) is 0 Å². The quantitative estimate of drug-likeness (QED) is 0.348. The van der Waals surface area contributed by atoms with E-state index in [0.717, 1.165) is 18.4 Å². The molecule has 2 fully saturated rings. The van der Waals surface area contributed by atoms with Crippen LogP contribution in [0.3, 0.4) is 0 Å². The van der Waals surface area contributed by atoms with Gasteiger partial charge in [0.25, 0.3) is 0 Å². The zero-order valence-electron chi connectivity index (χ0n) is 23.0. The predicted octanol–water partition coefficient (Wildman–Crippen LogP) is 5.36. The molecular weight excluding hydrogens is 516 g/mol. The van der Waals surface area contributed by atoms with Gasteiger partial charge >= 0.3 is 5.97 Å². The number of nitrogens with one attached hydrogen (secondary N) is 2. The van der Waals surface area contributed by atoms with Gasteiger partial charge < -0.3 is 25.8 Å². The normalized spacial score (nSPS) is 17.7. The molecule has 4 rings (SSSR count). The van der Waals surface area contributed by atoms with Crippen LogP contribution in [0.5, 0.6) is 0 Å². The van der Waals surface area contributed by atoms with E-state index >= 15 is 0 Å². The highest BCUT2D eigenvalue weighted by Crippen LogP contribution is 2.31. The third kappa shape index (κ3) is 9.95. The number of aromatic nitrogens is 2. The summed E-state index contributed by atoms with van der Waals surface area (Å²) < 4.78 is 10.3. The minimum Gasteiger partial charge on any atom is -0.466 e. The van der Waals surface area contributed by atoms with Gasteiger partial charge in [-0.3, -0.25) is 4.79 Å². The lowest BCUT2D eigenvalue weighted by Crippen LogP contribution is -2.39. The molecule has 1 unspecified atom stereocenters. The molecule has 212 valence electrons. The van der Waals surface area contributed by atoms with E-state index in [9.17, 15) is 10.1 Å². The summed E-state index contributed by atoms with van der Waals surface area (Å²) in [6.45, 7) is 6.16. The van der Waals surface area contributed by atoms with Gasteiger partial charge in [0.05, 0.1) is 35.2 Å². The largest absolute Gasteiger partial charge is 0.466 e. The number of rotatable bonds is 9. The number of hydrogen-bond acceptors (Lipinski definition) is 9. The topological polar surface area (TPSA) is 135 Å². The fourth-order valence-electron chi connectivity index (χ4n) is 4.88. The maximum absolute atomic E-state index is 11.2. The summed E-state index contributed by atoms with van der Waals surface area (Å²) in [6.07, 6.45) is 9.98. The Morgan fingerprint density at radius 1 is 1.31 bits per heavy atom. The summed E-state index contributed by atoms with van der Waals surface area (Å²) in [4.78, 5) is 19.8. The van der Waals surface area contributed by atoms with Crippen molar-refractivity contribution < 1.29 is 14.3 Å². The molecule has 0 aromatic carbocycles. The zero-order valence-corrected chi connectivity index (χ0v) is 23.8. The molecule has 1 saturated carbocycles. The molecular formula is C29H41ClN6O3. The molecule has 2 aliphatic rings. The monoisotopic (exact) mass is 556 g/mol. The van der Waals surface area contributed by atoms with Gasteiger partial charge in [-0.15, -0.1) is 0 Å². The van der Waals surface area contributed by atoms with Crippen molar-refractivity contribution in [3.63, 3.8) is 0 Å². The van der Waals surface area contributed by atoms with Crippen molar-refractivity contribution >= 4 is 29.2 Å². The third-order valence-corrected chi connectivity index (χ3v) is 7.40. The minimum absolute atomic E-state index is 0.0895. The van der Waals surface area contributed by atoms with Crippen LogP contribution in [0.25, 0.3) is 11.3 Å². The van der Waals surface area contributed by atoms with Gasteiger partial charge in [-0.1, -0.05) is 36.9 Å². The second-order valence-electron chi connectivity index (χ2n) is 10.3. The number of ether oxygens (including phenoxy) is 2. The Morgan fingerprint density at radius 3 is 2.74 bits per heavy atom. The molecule has 1 aliphatic heterocycles. The summed E-state index contributed by atoms with van der Waals surface area (Å²) in [5.41, 5.74) is 6.76. The average Bonchev–Trinajstić information content (AvgIpc) is 2.95. The number of halogens is 1. The number of nitrogens with zero attached hydrogens (tertiary/aromatic N) is 3. The molecule has 0 spiro atoms. The van der Waals surface area contributed by atoms with Gasteiger partial charge in [-0.2, -0.15) is 5.26 Å². The van der Waals surface area contributed by atoms with Crippen LogP contribution in [-0.2, 0) is 14.3 Å². The lowest BCUT2D eigenvalue weighted by Gasteiger charge is -2.30. The molecule has 39 heavy (non-hydrogen) atoms. The fraction of sp³-hybridized carbons (Fsp3) is 0.586. The second kappa shape index (κ2) is 15.6. The van der Waals surface area contributed by atoms with Crippen LogP contribution in [-0.4, -0.2) is 54.4 Å². The molecule has 9 nitrogen and oxygen atoms in total. The maximum Gasteiger partial charge on any atom is 0.307 e. The van der Waals surface area contributed by atoms with Gasteiger partial charge in [0.1, 0.15) is 11.6 Å². The number of nitrogen functional groups attached to an aromatic ring is 1. The van der Waals surface area contributed by atoms with Crippen LogP contribution >= 0.6 is 11.6 Å². The van der Waals surface area contributed by atoms with E-state index in [2.05, 4.69) is 33.6 Å². The van der Waals surface area contributed by atoms with Crippen LogP contribution in [0.2, 0.25) is 5.02 Å². The number of carbonyl (C=O) groups is 1. The number of anilines is 2. The van der Waals surface area contributed by atoms with Gasteiger partial charge in [0, 0.05) is 43.6 Å². The van der Waals surface area contributed by atoms with Crippen molar-refractivity contribution in [1.29, 1.82) is 5.26 Å². The van der Waals surface area contributed by atoms with E-state index in [1.165, 1.54) is 38.3 Å². The van der Waals surface area contributed by atoms with Crippen molar-refractivity contribution in [1.82, 2.24) is 15.3 Å². The molecule has 0 amide bonds. The highest BCUT2D eigenvalue weighted by Gasteiger charge is 2.32. The van der Waals surface area contributed by atoms with E-state index in [1.807, 2.05) is 25.1 Å². The number of carbonyl (C=O) groups excluding carboxylic acids is 1. The molecule has 1 aliphatic carbocycles. The molecule has 3 heterocycles. The summed E-state index contributed by atoms with van der Waals surface area (Å²) in [6, 6.07) is 10.6. The molecule has 1 saturated heterocycles. The van der Waals surface area contributed by atoms with Crippen LogP contribution < -0.4 is 16.4 Å². The second-order valence-corrected chi connectivity index (χ2v) is 10.7. The van der Waals surface area contributed by atoms with E-state index in [4.69, 9.17) is 26.8 Å². The predicted molar refractivity (Wildman–Crippen MR) is 154 cm³/mol. The highest BCUT2D eigenvalue weighted by atomic mass is 35.5. The van der Waals surface area contributed by atoms with Crippen LogP contribution in [0.4, 0.5) is 11.6 Å². The summed E-state index contributed by atoms with van der Waals surface area (Å²) in [5.74, 6) is 0.994. The van der Waals surface area contributed by atoms with Crippen LogP contribution in [0, 0.1) is 16.7 Å². The molecule has 10 heteroatoms. The first kappa shape index (κ1) is 30.6. The van der Waals surface area contributed by atoms with E-state index in [1.54, 1.807) is 6.07 Å². The van der Waals surface area contributed by atoms with Crippen LogP contribution in [0.15, 0.2) is 30.5 Å². The number of nitrogens with two attached hydrogens (primary N) is 1. The van der Waals surface area contributed by atoms with E-state index < -0.39 is 5.41 Å². The summed E-state index contributed by atoms with van der Waals surface area (Å²) in [5, 5.41) is 16.8. The number of esters is 1. The first-order valence-electron chi connectivity index (χ1n) is 13.9. The number of pyridine rings is 2. The van der Waals surface area contributed by atoms with Gasteiger partial charge in [0.2, 0.25) is 0 Å². The Kier molecular flexibility index (Phi) is 12.2. The summed E-state index contributed by atoms with van der Waals surface area (Å²) >= 11 is 6.19. The van der Waals surface area contributed by atoms with E-state index in [-0.39, 0.29) is 12.0 Å². The zero-order chi connectivity index (χ0) is 28.1. The Bertz CT molecular complexity index is 1100. The van der Waals surface area contributed by atoms with E-state index in [0.29, 0.717) is 61.2 Å². The first-order valence-corrected chi connectivity index (χ1v) is 14.2. The third-order valence-electron chi connectivity index (χ3n) is 7.10. The molecule has 1 atom stereocenters. The number of hydrogen-bond donors (Lipinski definition) is 3. The smallest absolute Gasteiger partial charge is 0.307 e. The molecule has 2 aromatic heterocycles. The lowest BCUT2D eigenvalue weighted by atomic mass is 9.82. The fourth-order valence-corrected chi connectivity index (χ4v) is 5.08. The molecule has 2 aromatic rings. The maximum atomic E-state index is 11.2. The van der Waals surface area contributed by atoms with Crippen molar-refractivity contribution in [2.24, 2.45) is 5.41 Å². The van der Waals surface area contributed by atoms with Crippen molar-refractivity contribution in [3.05, 3.63) is 35.5 Å². The lowest BCUT2D eigenvalue weighted by molar-refractivity contribution is -0.143. The average molecular weight is 557 g/mol. The van der Waals surface area contributed by atoms with Gasteiger partial charge in [-0.25, -0.2) is 9.97 Å². The Hall–Kier alpha value is -2.93. The van der Waals surface area contributed by atoms with Crippen molar-refractivity contribution in [2.45, 2.75) is 77.3 Å². The Labute approximate surface area is 236 Å². The van der Waals surface area contributed by atoms with Gasteiger partial charge in [-0.05, 0) is 57.7 Å². The SMILES string of the molecule is CCOC(=O)CC(C)NC1CCCCC1.N#CC1(CNc2cccc(-c3cc(N)ncc3Cl)n2)CCOCC1. The molecule has 0 radical (unpaired) electrons. The Morgan fingerprint density at radius 2 is 2.05 bits per heavy atom. The molecule has 4 N–H and O–H groups in total. The van der Waals surface area contributed by atoms with Crippen LogP contribution in [0.1, 0.15) is 65.2 Å². The molecule has 0 bridgehead atoms. The number of nitriles is 1. The Balaban J connectivity index is 0.000000242. The first-order chi connectivity index (χ1) is 18.8. The standard InChI is InChI=1S/C17H18ClN5O.C12H23NO2/c18-13-9-21-15(20)8-12(13)14-2-1-3-16(23-14)22-11-17(10-19)4-6-24-7-5-17;1-3-15-12(14)9-10(2)13-11-7-5-4-6-8-11/h1-3,8-9H,4-7,11H2,(H2,20,21)(H,22,23);10-11,13H,3-9H2,1-2H3. The van der Waals surface area contributed by atoms with Crippen molar-refractivity contribution in [2.75, 3.05) is 37.4 Å².